The highest BCUT2D eigenvalue weighted by atomic mass is 32.2. The highest BCUT2D eigenvalue weighted by molar-refractivity contribution is 7.92. The summed E-state index contributed by atoms with van der Waals surface area (Å²) in [4.78, 5) is 12.8. The third-order valence-corrected chi connectivity index (χ3v) is 6.57. The summed E-state index contributed by atoms with van der Waals surface area (Å²) in [7, 11) is -3.46. The standard InChI is InChI=1S/C26H30N2O3S/c1-5-25(22-13-9-19(2)10-14-22)27-26(29)23-15-11-21(12-16-23)18-28(32(4,30)31)24-8-6-7-20(3)17-24/h6-17,25H,5,18H2,1-4H3,(H,27,29)/t25-/m0/s1. The van der Waals surface area contributed by atoms with Crippen LogP contribution in [-0.4, -0.2) is 20.6 Å². The first kappa shape index (κ1) is 23.5. The van der Waals surface area contributed by atoms with Crippen LogP contribution in [0.3, 0.4) is 0 Å². The van der Waals surface area contributed by atoms with Gasteiger partial charge in [-0.25, -0.2) is 8.42 Å². The van der Waals surface area contributed by atoms with E-state index in [-0.39, 0.29) is 18.5 Å². The molecule has 3 rings (SSSR count). The van der Waals surface area contributed by atoms with Crippen LogP contribution < -0.4 is 9.62 Å². The molecular weight excluding hydrogens is 420 g/mol. The van der Waals surface area contributed by atoms with Gasteiger partial charge in [0.2, 0.25) is 10.0 Å². The van der Waals surface area contributed by atoms with Crippen LogP contribution in [0.25, 0.3) is 0 Å². The van der Waals surface area contributed by atoms with Gasteiger partial charge in [0, 0.05) is 5.56 Å². The SMILES string of the molecule is CC[C@H](NC(=O)c1ccc(CN(c2cccc(C)c2)S(C)(=O)=O)cc1)c1ccc(C)cc1. The number of nitrogens with one attached hydrogen (secondary N) is 1. The quantitative estimate of drug-likeness (QED) is 0.516. The number of anilines is 1. The van der Waals surface area contributed by atoms with Crippen molar-refractivity contribution in [2.75, 3.05) is 10.6 Å². The van der Waals surface area contributed by atoms with Gasteiger partial charge in [0.1, 0.15) is 0 Å². The minimum atomic E-state index is -3.46. The van der Waals surface area contributed by atoms with E-state index in [4.69, 9.17) is 0 Å². The van der Waals surface area contributed by atoms with Gasteiger partial charge in [-0.05, 0) is 61.2 Å². The number of amides is 1. The van der Waals surface area contributed by atoms with E-state index < -0.39 is 10.0 Å². The lowest BCUT2D eigenvalue weighted by molar-refractivity contribution is 0.0935. The van der Waals surface area contributed by atoms with Crippen molar-refractivity contribution in [2.45, 2.75) is 39.8 Å². The fourth-order valence-electron chi connectivity index (χ4n) is 3.57. The molecule has 0 spiro atoms. The first-order valence-corrected chi connectivity index (χ1v) is 12.5. The Kier molecular flexibility index (Phi) is 7.36. The molecule has 0 fully saturated rings. The summed E-state index contributed by atoms with van der Waals surface area (Å²) in [5, 5.41) is 3.09. The highest BCUT2D eigenvalue weighted by Crippen LogP contribution is 2.22. The predicted octanol–water partition coefficient (Wildman–Crippen LogP) is 5.15. The van der Waals surface area contributed by atoms with Crippen LogP contribution in [0, 0.1) is 13.8 Å². The molecule has 168 valence electrons. The van der Waals surface area contributed by atoms with Crippen molar-refractivity contribution >= 4 is 21.6 Å². The second-order valence-corrected chi connectivity index (χ2v) is 10.1. The predicted molar refractivity (Wildman–Crippen MR) is 130 cm³/mol. The number of rotatable bonds is 8. The van der Waals surface area contributed by atoms with E-state index in [0.717, 1.165) is 23.1 Å². The Balaban J connectivity index is 1.74. The molecule has 1 amide bonds. The second kappa shape index (κ2) is 10.0. The van der Waals surface area contributed by atoms with E-state index in [1.807, 2.05) is 63.2 Å². The number of carbonyl (C=O) groups excluding carboxylic acids is 1. The summed E-state index contributed by atoms with van der Waals surface area (Å²) < 4.78 is 26.2. The van der Waals surface area contributed by atoms with Crippen LogP contribution in [0.1, 0.15) is 52.0 Å². The fraction of sp³-hybridized carbons (Fsp3) is 0.269. The lowest BCUT2D eigenvalue weighted by atomic mass is 10.0. The van der Waals surface area contributed by atoms with Gasteiger partial charge in [0.15, 0.2) is 0 Å². The molecule has 5 nitrogen and oxygen atoms in total. The molecule has 32 heavy (non-hydrogen) atoms. The molecule has 0 saturated heterocycles. The van der Waals surface area contributed by atoms with Crippen molar-refractivity contribution in [2.24, 2.45) is 0 Å². The zero-order chi connectivity index (χ0) is 23.3. The van der Waals surface area contributed by atoms with Crippen molar-refractivity contribution in [3.63, 3.8) is 0 Å². The lowest BCUT2D eigenvalue weighted by Crippen LogP contribution is -2.29. The second-order valence-electron chi connectivity index (χ2n) is 8.15. The molecule has 1 N–H and O–H groups in total. The third-order valence-electron chi connectivity index (χ3n) is 5.43. The van der Waals surface area contributed by atoms with E-state index in [0.29, 0.717) is 11.3 Å². The fourth-order valence-corrected chi connectivity index (χ4v) is 4.45. The van der Waals surface area contributed by atoms with Crippen LogP contribution in [0.5, 0.6) is 0 Å². The normalized spacial score (nSPS) is 12.2. The van der Waals surface area contributed by atoms with Gasteiger partial charge in [-0.3, -0.25) is 9.10 Å². The van der Waals surface area contributed by atoms with Crippen molar-refractivity contribution in [1.82, 2.24) is 5.32 Å². The third kappa shape index (κ3) is 5.98. The van der Waals surface area contributed by atoms with Crippen molar-refractivity contribution in [3.8, 4) is 0 Å². The minimum absolute atomic E-state index is 0.0650. The van der Waals surface area contributed by atoms with Gasteiger partial charge in [-0.2, -0.15) is 0 Å². The van der Waals surface area contributed by atoms with Crippen LogP contribution in [0.2, 0.25) is 0 Å². The minimum Gasteiger partial charge on any atom is -0.345 e. The topological polar surface area (TPSA) is 66.5 Å². The van der Waals surface area contributed by atoms with Crippen LogP contribution in [0.15, 0.2) is 72.8 Å². The number of hydrogen-bond donors (Lipinski definition) is 1. The summed E-state index contributed by atoms with van der Waals surface area (Å²) in [6.45, 7) is 6.20. The zero-order valence-electron chi connectivity index (χ0n) is 19.0. The molecule has 0 aromatic heterocycles. The summed E-state index contributed by atoms with van der Waals surface area (Å²) in [5.74, 6) is -0.150. The summed E-state index contributed by atoms with van der Waals surface area (Å²) in [6, 6.07) is 22.6. The zero-order valence-corrected chi connectivity index (χ0v) is 19.8. The molecule has 0 aliphatic rings. The van der Waals surface area contributed by atoms with Crippen LogP contribution in [0.4, 0.5) is 5.69 Å². The Labute approximate surface area is 191 Å². The Morgan fingerprint density at radius 3 is 2.16 bits per heavy atom. The summed E-state index contributed by atoms with van der Waals surface area (Å²) in [5.41, 5.74) is 5.21. The summed E-state index contributed by atoms with van der Waals surface area (Å²) >= 11 is 0. The van der Waals surface area contributed by atoms with Gasteiger partial charge in [0.25, 0.3) is 5.91 Å². The average molecular weight is 451 g/mol. The highest BCUT2D eigenvalue weighted by Gasteiger charge is 2.19. The Bertz CT molecular complexity index is 1170. The molecule has 0 unspecified atom stereocenters. The Morgan fingerprint density at radius 1 is 0.938 bits per heavy atom. The number of carbonyl (C=O) groups is 1. The molecule has 0 aliphatic heterocycles. The maximum absolute atomic E-state index is 12.8. The molecule has 3 aromatic rings. The molecule has 0 radical (unpaired) electrons. The molecule has 0 heterocycles. The van der Waals surface area contributed by atoms with Crippen molar-refractivity contribution < 1.29 is 13.2 Å². The van der Waals surface area contributed by atoms with E-state index in [9.17, 15) is 13.2 Å². The molecule has 0 aliphatic carbocycles. The Morgan fingerprint density at radius 2 is 1.59 bits per heavy atom. The molecule has 1 atom stereocenters. The van der Waals surface area contributed by atoms with Crippen LogP contribution >= 0.6 is 0 Å². The number of benzene rings is 3. The summed E-state index contributed by atoms with van der Waals surface area (Å²) in [6.07, 6.45) is 1.99. The monoisotopic (exact) mass is 450 g/mol. The number of hydrogen-bond acceptors (Lipinski definition) is 3. The molecule has 0 saturated carbocycles. The van der Waals surface area contributed by atoms with Crippen LogP contribution in [-0.2, 0) is 16.6 Å². The van der Waals surface area contributed by atoms with Crippen molar-refractivity contribution in [3.05, 3.63) is 101 Å². The van der Waals surface area contributed by atoms with Gasteiger partial charge in [-0.1, -0.05) is 61.0 Å². The van der Waals surface area contributed by atoms with Gasteiger partial charge in [-0.15, -0.1) is 0 Å². The van der Waals surface area contributed by atoms with E-state index in [1.165, 1.54) is 16.1 Å². The maximum Gasteiger partial charge on any atom is 0.251 e. The first-order chi connectivity index (χ1) is 15.2. The smallest absolute Gasteiger partial charge is 0.251 e. The van der Waals surface area contributed by atoms with Crippen molar-refractivity contribution in [1.29, 1.82) is 0 Å². The average Bonchev–Trinajstić information content (AvgIpc) is 2.76. The van der Waals surface area contributed by atoms with E-state index in [1.54, 1.807) is 30.3 Å². The van der Waals surface area contributed by atoms with Gasteiger partial charge in [0.05, 0.1) is 24.5 Å². The molecule has 6 heteroatoms. The molecule has 0 bridgehead atoms. The van der Waals surface area contributed by atoms with E-state index in [2.05, 4.69) is 5.32 Å². The maximum atomic E-state index is 12.8. The molecule has 3 aromatic carbocycles. The first-order valence-electron chi connectivity index (χ1n) is 10.7. The van der Waals surface area contributed by atoms with Gasteiger partial charge < -0.3 is 5.32 Å². The van der Waals surface area contributed by atoms with E-state index >= 15 is 0 Å². The molecular formula is C26H30N2O3S. The Hall–Kier alpha value is -3.12. The lowest BCUT2D eigenvalue weighted by Gasteiger charge is -2.23. The largest absolute Gasteiger partial charge is 0.345 e. The number of aryl methyl sites for hydroxylation is 2. The number of nitrogens with zero attached hydrogens (tertiary/aromatic N) is 1. The van der Waals surface area contributed by atoms with Gasteiger partial charge >= 0.3 is 0 Å². The number of sulfonamides is 1.